The number of nitrogens with one attached hydrogen (secondary N) is 2. The predicted octanol–water partition coefficient (Wildman–Crippen LogP) is 0.801. The number of aryl methyl sites for hydroxylation is 1. The summed E-state index contributed by atoms with van der Waals surface area (Å²) in [5.74, 6) is -0.271. The van der Waals surface area contributed by atoms with Crippen molar-refractivity contribution >= 4 is 5.97 Å². The van der Waals surface area contributed by atoms with Gasteiger partial charge in [0.2, 0.25) is 0 Å². The maximum atomic E-state index is 11.8. The zero-order chi connectivity index (χ0) is 17.4. The number of H-pyrrole nitrogens is 2. The smallest absolute Gasteiger partial charge is 0.356 e. The number of rotatable bonds is 4. The first-order valence-corrected chi connectivity index (χ1v) is 7.99. The number of aromatic amines is 2. The van der Waals surface area contributed by atoms with Crippen LogP contribution in [0.5, 0.6) is 0 Å². The highest BCUT2D eigenvalue weighted by atomic mass is 16.5. The molecule has 0 radical (unpaired) electrons. The zero-order valence-corrected chi connectivity index (χ0v) is 14.1. The van der Waals surface area contributed by atoms with Gasteiger partial charge in [-0.1, -0.05) is 0 Å². The van der Waals surface area contributed by atoms with Crippen LogP contribution in [-0.4, -0.2) is 54.5 Å². The minimum Gasteiger partial charge on any atom is -0.464 e. The Morgan fingerprint density at radius 3 is 3.08 bits per heavy atom. The van der Waals surface area contributed by atoms with Gasteiger partial charge in [-0.15, -0.1) is 0 Å². The summed E-state index contributed by atoms with van der Waals surface area (Å²) in [6.45, 7) is 2.11. The zero-order valence-electron chi connectivity index (χ0n) is 14.1. The van der Waals surface area contributed by atoms with E-state index in [1.807, 2.05) is 19.4 Å². The molecular formula is C16H19N7O2. The van der Waals surface area contributed by atoms with Crippen LogP contribution in [0.25, 0.3) is 0 Å². The number of carbonyl (C=O) groups is 1. The average Bonchev–Trinajstić information content (AvgIpc) is 3.34. The lowest BCUT2D eigenvalue weighted by atomic mass is 9.93. The van der Waals surface area contributed by atoms with Crippen LogP contribution >= 0.6 is 0 Å². The van der Waals surface area contributed by atoms with Crippen molar-refractivity contribution in [2.75, 3.05) is 13.7 Å². The number of imidazole rings is 1. The molecule has 0 spiro atoms. The molecule has 0 saturated heterocycles. The molecule has 1 aliphatic rings. The molecule has 4 rings (SSSR count). The fourth-order valence-electron chi connectivity index (χ4n) is 3.35. The van der Waals surface area contributed by atoms with E-state index < -0.39 is 5.97 Å². The van der Waals surface area contributed by atoms with Crippen LogP contribution in [0.4, 0.5) is 0 Å². The number of nitrogens with zero attached hydrogens (tertiary/aromatic N) is 5. The molecule has 130 valence electrons. The topological polar surface area (TPSA) is 105 Å². The summed E-state index contributed by atoms with van der Waals surface area (Å²) < 4.78 is 6.60. The monoisotopic (exact) mass is 341 g/mol. The summed E-state index contributed by atoms with van der Waals surface area (Å²) in [7, 11) is 3.27. The van der Waals surface area contributed by atoms with Gasteiger partial charge in [-0.3, -0.25) is 14.7 Å². The second-order valence-electron chi connectivity index (χ2n) is 6.20. The number of hydrogen-bond donors (Lipinski definition) is 2. The highest BCUT2D eigenvalue weighted by Crippen LogP contribution is 2.32. The van der Waals surface area contributed by atoms with Crippen LogP contribution in [-0.2, 0) is 24.9 Å². The Kier molecular flexibility index (Phi) is 3.85. The van der Waals surface area contributed by atoms with Crippen LogP contribution in [0.1, 0.15) is 38.9 Å². The van der Waals surface area contributed by atoms with E-state index in [1.165, 1.54) is 7.11 Å². The molecule has 0 bridgehead atoms. The Morgan fingerprint density at radius 1 is 1.44 bits per heavy atom. The normalized spacial score (nSPS) is 17.4. The molecular weight excluding hydrogens is 322 g/mol. The maximum absolute atomic E-state index is 11.8. The molecule has 0 aromatic carbocycles. The minimum atomic E-state index is -0.407. The third-order valence-electron chi connectivity index (χ3n) is 4.53. The van der Waals surface area contributed by atoms with Gasteiger partial charge >= 0.3 is 5.97 Å². The van der Waals surface area contributed by atoms with Gasteiger partial charge in [0, 0.05) is 49.9 Å². The lowest BCUT2D eigenvalue weighted by Crippen LogP contribution is -2.34. The number of esters is 1. The molecule has 2 N–H and O–H groups in total. The molecule has 0 fully saturated rings. The van der Waals surface area contributed by atoms with Gasteiger partial charge in [0.1, 0.15) is 5.69 Å². The molecule has 3 aromatic rings. The van der Waals surface area contributed by atoms with Gasteiger partial charge in [-0.2, -0.15) is 10.2 Å². The first kappa shape index (κ1) is 15.6. The number of methoxy groups -OCH3 is 1. The Bertz CT molecular complexity index is 894. The van der Waals surface area contributed by atoms with E-state index >= 15 is 0 Å². The third-order valence-corrected chi connectivity index (χ3v) is 4.53. The minimum absolute atomic E-state index is 0.136. The van der Waals surface area contributed by atoms with Crippen LogP contribution in [0.2, 0.25) is 0 Å². The number of carbonyl (C=O) groups excluding carboxylic acids is 1. The molecule has 1 aliphatic heterocycles. The quantitative estimate of drug-likeness (QED) is 0.680. The van der Waals surface area contributed by atoms with Gasteiger partial charge in [0.15, 0.2) is 0 Å². The van der Waals surface area contributed by atoms with Gasteiger partial charge in [-0.25, -0.2) is 9.78 Å². The van der Waals surface area contributed by atoms with E-state index in [1.54, 1.807) is 17.2 Å². The molecule has 9 heteroatoms. The molecule has 4 heterocycles. The number of fused-ring (bicyclic) bond motifs is 1. The number of ether oxygens (including phenoxy) is 1. The van der Waals surface area contributed by atoms with Gasteiger partial charge in [0.25, 0.3) is 0 Å². The number of aromatic nitrogens is 6. The van der Waals surface area contributed by atoms with Gasteiger partial charge in [0.05, 0.1) is 37.2 Å². The molecule has 9 nitrogen and oxygen atoms in total. The molecule has 1 unspecified atom stereocenters. The summed E-state index contributed by atoms with van der Waals surface area (Å²) in [5.41, 5.74) is 4.49. The van der Waals surface area contributed by atoms with Crippen molar-refractivity contribution < 1.29 is 9.53 Å². The molecule has 0 amide bonds. The second-order valence-corrected chi connectivity index (χ2v) is 6.20. The second kappa shape index (κ2) is 6.17. The molecule has 1 atom stereocenters. The van der Waals surface area contributed by atoms with E-state index in [-0.39, 0.29) is 5.92 Å². The average molecular weight is 341 g/mol. The van der Waals surface area contributed by atoms with Crippen LogP contribution in [0.15, 0.2) is 24.9 Å². The Balaban J connectivity index is 1.61. The summed E-state index contributed by atoms with van der Waals surface area (Å²) in [6.07, 6.45) is 7.30. The molecule has 0 saturated carbocycles. The standard InChI is InChI=1S/C16H19N7O2/c1-22-5-10(4-20-22)12-7-23(8-13-15(12)18-9-17-13)6-11-3-19-21-14(11)16(24)25-2/h3-5,9,12H,6-8H2,1-2H3,(H,17,18)(H,19,21). The van der Waals surface area contributed by atoms with E-state index in [0.29, 0.717) is 12.2 Å². The third kappa shape index (κ3) is 2.82. The fourth-order valence-corrected chi connectivity index (χ4v) is 3.35. The highest BCUT2D eigenvalue weighted by Gasteiger charge is 2.30. The largest absolute Gasteiger partial charge is 0.464 e. The summed E-state index contributed by atoms with van der Waals surface area (Å²) in [4.78, 5) is 21.8. The Hall–Kier alpha value is -2.94. The first-order chi connectivity index (χ1) is 12.2. The van der Waals surface area contributed by atoms with Crippen LogP contribution in [0.3, 0.4) is 0 Å². The number of hydrogen-bond acceptors (Lipinski definition) is 6. The van der Waals surface area contributed by atoms with E-state index in [0.717, 1.165) is 35.6 Å². The van der Waals surface area contributed by atoms with E-state index in [4.69, 9.17) is 4.74 Å². The summed E-state index contributed by atoms with van der Waals surface area (Å²) >= 11 is 0. The fraction of sp³-hybridized carbons (Fsp3) is 0.375. The van der Waals surface area contributed by atoms with Gasteiger partial charge < -0.3 is 9.72 Å². The van der Waals surface area contributed by atoms with Crippen molar-refractivity contribution in [1.82, 2.24) is 34.8 Å². The van der Waals surface area contributed by atoms with Crippen LogP contribution < -0.4 is 0 Å². The summed E-state index contributed by atoms with van der Waals surface area (Å²) in [6, 6.07) is 0. The van der Waals surface area contributed by atoms with E-state index in [2.05, 4.69) is 30.2 Å². The van der Waals surface area contributed by atoms with Crippen molar-refractivity contribution in [2.24, 2.45) is 7.05 Å². The molecule has 0 aliphatic carbocycles. The highest BCUT2D eigenvalue weighted by molar-refractivity contribution is 5.88. The predicted molar refractivity (Wildman–Crippen MR) is 87.7 cm³/mol. The van der Waals surface area contributed by atoms with Crippen molar-refractivity contribution in [3.8, 4) is 0 Å². The van der Waals surface area contributed by atoms with Crippen LogP contribution in [0, 0.1) is 0 Å². The lowest BCUT2D eigenvalue weighted by molar-refractivity contribution is 0.0591. The molecule has 3 aromatic heterocycles. The SMILES string of the molecule is COC(=O)c1[nH]ncc1CN1Cc2[nH]cnc2C(c2cnn(C)c2)C1. The van der Waals surface area contributed by atoms with Crippen molar-refractivity contribution in [1.29, 1.82) is 0 Å². The Labute approximate surface area is 144 Å². The first-order valence-electron chi connectivity index (χ1n) is 7.99. The van der Waals surface area contributed by atoms with Crippen molar-refractivity contribution in [2.45, 2.75) is 19.0 Å². The maximum Gasteiger partial charge on any atom is 0.356 e. The lowest BCUT2D eigenvalue weighted by Gasteiger charge is -2.31. The van der Waals surface area contributed by atoms with E-state index in [9.17, 15) is 4.79 Å². The van der Waals surface area contributed by atoms with Crippen molar-refractivity contribution in [3.63, 3.8) is 0 Å². The van der Waals surface area contributed by atoms with Crippen molar-refractivity contribution in [3.05, 3.63) is 53.1 Å². The van der Waals surface area contributed by atoms with Gasteiger partial charge in [-0.05, 0) is 0 Å². The Morgan fingerprint density at radius 2 is 2.32 bits per heavy atom. The summed E-state index contributed by atoms with van der Waals surface area (Å²) in [5, 5.41) is 11.0. The molecule has 25 heavy (non-hydrogen) atoms.